The van der Waals surface area contributed by atoms with Gasteiger partial charge in [0.25, 0.3) is 11.8 Å². The van der Waals surface area contributed by atoms with Crippen LogP contribution in [0, 0.1) is 5.92 Å². The predicted octanol–water partition coefficient (Wildman–Crippen LogP) is 3.70. The smallest absolute Gasteiger partial charge is 0.273 e. The van der Waals surface area contributed by atoms with Crippen LogP contribution < -0.4 is 20.9 Å². The zero-order chi connectivity index (χ0) is 23.5. The Bertz CT molecular complexity index is 939. The molecule has 0 saturated heterocycles. The maximum Gasteiger partial charge on any atom is 0.273 e. The second kappa shape index (κ2) is 12.6. The van der Waals surface area contributed by atoms with E-state index in [0.29, 0.717) is 42.4 Å². The van der Waals surface area contributed by atoms with Crippen molar-refractivity contribution in [2.24, 2.45) is 5.92 Å². The van der Waals surface area contributed by atoms with E-state index in [1.54, 1.807) is 48.5 Å². The Hall–Kier alpha value is -3.39. The van der Waals surface area contributed by atoms with Crippen molar-refractivity contribution in [1.29, 1.82) is 0 Å². The molecule has 0 aromatic heterocycles. The number of hydrogen-bond donors (Lipinski definition) is 3. The van der Waals surface area contributed by atoms with Crippen LogP contribution in [0.1, 0.15) is 59.7 Å². The molecule has 1 aliphatic rings. The molecule has 1 saturated carbocycles. The molecule has 0 aliphatic heterocycles. The summed E-state index contributed by atoms with van der Waals surface area (Å²) in [5, 5.41) is 2.92. The third-order valence-corrected chi connectivity index (χ3v) is 5.50. The van der Waals surface area contributed by atoms with Gasteiger partial charge in [-0.15, -0.1) is 0 Å². The van der Waals surface area contributed by atoms with E-state index in [4.69, 9.17) is 9.47 Å². The van der Waals surface area contributed by atoms with Gasteiger partial charge in [-0.3, -0.25) is 25.2 Å². The SMILES string of the molecule is CCOCCOc1ccccc1C(=O)NNC(=O)c1ccc(NC(=O)C2CCCCC2)cc1. The number of amides is 3. The summed E-state index contributed by atoms with van der Waals surface area (Å²) in [6, 6.07) is 13.3. The van der Waals surface area contributed by atoms with Crippen molar-refractivity contribution in [1.82, 2.24) is 10.9 Å². The van der Waals surface area contributed by atoms with E-state index in [-0.39, 0.29) is 11.8 Å². The van der Waals surface area contributed by atoms with Crippen LogP contribution in [0.4, 0.5) is 5.69 Å². The van der Waals surface area contributed by atoms with Crippen molar-refractivity contribution in [3.05, 3.63) is 59.7 Å². The quantitative estimate of drug-likeness (QED) is 0.397. The van der Waals surface area contributed by atoms with Crippen LogP contribution in [-0.2, 0) is 9.53 Å². The van der Waals surface area contributed by atoms with Crippen LogP contribution in [0.3, 0.4) is 0 Å². The van der Waals surface area contributed by atoms with Crippen LogP contribution >= 0.6 is 0 Å². The number of carbonyl (C=O) groups is 3. The monoisotopic (exact) mass is 453 g/mol. The molecule has 33 heavy (non-hydrogen) atoms. The van der Waals surface area contributed by atoms with Crippen molar-refractivity contribution < 1.29 is 23.9 Å². The second-order valence-electron chi connectivity index (χ2n) is 7.85. The molecule has 2 aromatic rings. The Labute approximate surface area is 194 Å². The molecule has 3 N–H and O–H groups in total. The zero-order valence-corrected chi connectivity index (χ0v) is 18.9. The molecule has 0 radical (unpaired) electrons. The molecule has 1 fully saturated rings. The Morgan fingerprint density at radius 1 is 0.879 bits per heavy atom. The minimum Gasteiger partial charge on any atom is -0.490 e. The molecule has 3 rings (SSSR count). The van der Waals surface area contributed by atoms with Gasteiger partial charge < -0.3 is 14.8 Å². The third-order valence-electron chi connectivity index (χ3n) is 5.50. The summed E-state index contributed by atoms with van der Waals surface area (Å²) in [7, 11) is 0. The fraction of sp³-hybridized carbons (Fsp3) is 0.400. The highest BCUT2D eigenvalue weighted by molar-refractivity contribution is 6.00. The molecule has 2 aromatic carbocycles. The maximum absolute atomic E-state index is 12.5. The van der Waals surface area contributed by atoms with E-state index < -0.39 is 11.8 Å². The van der Waals surface area contributed by atoms with Gasteiger partial charge in [-0.2, -0.15) is 0 Å². The molecular weight excluding hydrogens is 422 g/mol. The number of nitrogens with one attached hydrogen (secondary N) is 3. The lowest BCUT2D eigenvalue weighted by Gasteiger charge is -2.20. The highest BCUT2D eigenvalue weighted by Crippen LogP contribution is 2.25. The van der Waals surface area contributed by atoms with Gasteiger partial charge in [0, 0.05) is 23.8 Å². The molecule has 176 valence electrons. The highest BCUT2D eigenvalue weighted by atomic mass is 16.5. The van der Waals surface area contributed by atoms with Crippen molar-refractivity contribution >= 4 is 23.4 Å². The number of rotatable bonds is 9. The molecule has 8 heteroatoms. The summed E-state index contributed by atoms with van der Waals surface area (Å²) in [5.41, 5.74) is 6.11. The molecule has 0 spiro atoms. The molecule has 0 unspecified atom stereocenters. The van der Waals surface area contributed by atoms with E-state index in [1.807, 2.05) is 6.92 Å². The van der Waals surface area contributed by atoms with Gasteiger partial charge in [0.2, 0.25) is 5.91 Å². The number of hydrazine groups is 1. The van der Waals surface area contributed by atoms with Crippen molar-refractivity contribution in [2.45, 2.75) is 39.0 Å². The number of ether oxygens (including phenoxy) is 2. The van der Waals surface area contributed by atoms with Crippen molar-refractivity contribution in [2.75, 3.05) is 25.1 Å². The standard InChI is InChI=1S/C25H31N3O5/c1-2-32-16-17-33-22-11-7-6-10-21(22)25(31)28-27-24(30)19-12-14-20(15-13-19)26-23(29)18-8-4-3-5-9-18/h6-7,10-15,18H,2-5,8-9,16-17H2,1H3,(H,26,29)(H,27,30)(H,28,31). The first-order valence-corrected chi connectivity index (χ1v) is 11.4. The Morgan fingerprint density at radius 2 is 1.58 bits per heavy atom. The van der Waals surface area contributed by atoms with Gasteiger partial charge in [-0.05, 0) is 56.2 Å². The normalized spacial score (nSPS) is 13.7. The lowest BCUT2D eigenvalue weighted by atomic mass is 9.88. The number of para-hydroxylation sites is 1. The molecule has 0 atom stereocenters. The predicted molar refractivity (Wildman–Crippen MR) is 125 cm³/mol. The summed E-state index contributed by atoms with van der Waals surface area (Å²) in [4.78, 5) is 37.3. The molecule has 0 heterocycles. The molecule has 8 nitrogen and oxygen atoms in total. The fourth-order valence-corrected chi connectivity index (χ4v) is 3.70. The minimum absolute atomic E-state index is 0.0290. The van der Waals surface area contributed by atoms with Gasteiger partial charge in [-0.1, -0.05) is 31.4 Å². The van der Waals surface area contributed by atoms with E-state index >= 15 is 0 Å². The second-order valence-corrected chi connectivity index (χ2v) is 7.85. The minimum atomic E-state index is -0.494. The number of benzene rings is 2. The third kappa shape index (κ3) is 7.32. The molecule has 3 amide bonds. The van der Waals surface area contributed by atoms with Crippen molar-refractivity contribution in [3.63, 3.8) is 0 Å². The van der Waals surface area contributed by atoms with Crippen LogP contribution in [0.25, 0.3) is 0 Å². The average Bonchev–Trinajstić information content (AvgIpc) is 2.86. The number of anilines is 1. The number of hydrogen-bond acceptors (Lipinski definition) is 5. The van der Waals surface area contributed by atoms with E-state index in [9.17, 15) is 14.4 Å². The fourth-order valence-electron chi connectivity index (χ4n) is 3.70. The lowest BCUT2D eigenvalue weighted by molar-refractivity contribution is -0.120. The molecule has 1 aliphatic carbocycles. The lowest BCUT2D eigenvalue weighted by Crippen LogP contribution is -2.41. The first-order valence-electron chi connectivity index (χ1n) is 11.4. The zero-order valence-electron chi connectivity index (χ0n) is 18.9. The van der Waals surface area contributed by atoms with Crippen LogP contribution in [0.5, 0.6) is 5.75 Å². The Kier molecular flexibility index (Phi) is 9.26. The van der Waals surface area contributed by atoms with E-state index in [2.05, 4.69) is 16.2 Å². The molecule has 0 bridgehead atoms. The summed E-state index contributed by atoms with van der Waals surface area (Å²) < 4.78 is 10.8. The maximum atomic E-state index is 12.5. The van der Waals surface area contributed by atoms with E-state index in [0.717, 1.165) is 25.7 Å². The van der Waals surface area contributed by atoms with Crippen LogP contribution in [0.15, 0.2) is 48.5 Å². The summed E-state index contributed by atoms with van der Waals surface area (Å²) in [6.45, 7) is 3.21. The first kappa shape index (κ1) is 24.3. The average molecular weight is 454 g/mol. The van der Waals surface area contributed by atoms with Crippen LogP contribution in [0.2, 0.25) is 0 Å². The first-order chi connectivity index (χ1) is 16.1. The van der Waals surface area contributed by atoms with E-state index in [1.165, 1.54) is 6.42 Å². The number of carbonyl (C=O) groups excluding carboxylic acids is 3. The van der Waals surface area contributed by atoms with Gasteiger partial charge in [0.05, 0.1) is 12.2 Å². The van der Waals surface area contributed by atoms with Crippen LogP contribution in [-0.4, -0.2) is 37.5 Å². The summed E-state index contributed by atoms with van der Waals surface area (Å²) >= 11 is 0. The van der Waals surface area contributed by atoms with Gasteiger partial charge in [0.1, 0.15) is 12.4 Å². The summed E-state index contributed by atoms with van der Waals surface area (Å²) in [5.74, 6) is -0.471. The highest BCUT2D eigenvalue weighted by Gasteiger charge is 2.21. The van der Waals surface area contributed by atoms with Crippen molar-refractivity contribution in [3.8, 4) is 5.75 Å². The molecular formula is C25H31N3O5. The van der Waals surface area contributed by atoms with Gasteiger partial charge in [0.15, 0.2) is 0 Å². The topological polar surface area (TPSA) is 106 Å². The Morgan fingerprint density at radius 3 is 2.30 bits per heavy atom. The van der Waals surface area contributed by atoms with Gasteiger partial charge in [-0.25, -0.2) is 0 Å². The summed E-state index contributed by atoms with van der Waals surface area (Å²) in [6.07, 6.45) is 5.22. The Balaban J connectivity index is 1.50. The largest absolute Gasteiger partial charge is 0.490 e. The van der Waals surface area contributed by atoms with Gasteiger partial charge >= 0.3 is 0 Å².